The molecule has 4 nitrogen and oxygen atoms in total. The van der Waals surface area contributed by atoms with Gasteiger partial charge in [-0.05, 0) is 41.9 Å². The molecule has 1 aromatic heterocycles. The van der Waals surface area contributed by atoms with E-state index in [4.69, 9.17) is 27.9 Å². The molecule has 0 N–H and O–H groups in total. The third-order valence-electron chi connectivity index (χ3n) is 2.97. The minimum Gasteiger partial charge on any atom is -0.485 e. The molecule has 1 heterocycles. The van der Waals surface area contributed by atoms with Crippen molar-refractivity contribution in [3.63, 3.8) is 0 Å². The largest absolute Gasteiger partial charge is 0.485 e. The molecule has 0 saturated carbocycles. The maximum Gasteiger partial charge on any atom is 0.153 e. The number of aryl methyl sites for hydroxylation is 2. The van der Waals surface area contributed by atoms with Gasteiger partial charge in [-0.1, -0.05) is 23.2 Å². The Bertz CT molecular complexity index is 686. The van der Waals surface area contributed by atoms with Gasteiger partial charge < -0.3 is 4.74 Å². The molecule has 0 saturated heterocycles. The lowest BCUT2D eigenvalue weighted by Gasteiger charge is -2.12. The predicted molar refractivity (Wildman–Crippen MR) is 86.5 cm³/mol. The standard InChI is InChI=1S/C14H13BrCl2N2O2/c1-3-19-12(13(15)8(2)18-19)7-21-14-9(6-20)4-10(16)5-11(14)17/h4-6H,3,7H2,1-2H3. The Kier molecular flexibility index (Phi) is 5.30. The molecule has 7 heteroatoms. The topological polar surface area (TPSA) is 44.1 Å². The molecule has 21 heavy (non-hydrogen) atoms. The van der Waals surface area contributed by atoms with E-state index in [2.05, 4.69) is 21.0 Å². The molecular weight excluding hydrogens is 379 g/mol. The van der Waals surface area contributed by atoms with Crippen LogP contribution in [0.2, 0.25) is 10.0 Å². The first-order valence-corrected chi connectivity index (χ1v) is 7.81. The number of carbonyl (C=O) groups excluding carboxylic acids is 1. The van der Waals surface area contributed by atoms with Crippen molar-refractivity contribution in [1.82, 2.24) is 9.78 Å². The number of carbonyl (C=O) groups is 1. The molecule has 0 spiro atoms. The molecule has 0 unspecified atom stereocenters. The zero-order valence-electron chi connectivity index (χ0n) is 11.5. The predicted octanol–water partition coefficient (Wildman–Crippen LogP) is 4.67. The van der Waals surface area contributed by atoms with Gasteiger partial charge in [-0.25, -0.2) is 0 Å². The molecule has 1 aromatic carbocycles. The second-order valence-corrected chi connectivity index (χ2v) is 6.01. The fourth-order valence-corrected chi connectivity index (χ4v) is 2.93. The van der Waals surface area contributed by atoms with Gasteiger partial charge in [-0.3, -0.25) is 9.48 Å². The maximum absolute atomic E-state index is 11.1. The monoisotopic (exact) mass is 390 g/mol. The first kappa shape index (κ1) is 16.3. The summed E-state index contributed by atoms with van der Waals surface area (Å²) in [6.07, 6.45) is 0.671. The van der Waals surface area contributed by atoms with Crippen LogP contribution in [-0.4, -0.2) is 16.1 Å². The number of halogens is 3. The summed E-state index contributed by atoms with van der Waals surface area (Å²) in [6, 6.07) is 3.07. The van der Waals surface area contributed by atoms with Gasteiger partial charge in [-0.2, -0.15) is 5.10 Å². The first-order chi connectivity index (χ1) is 9.97. The van der Waals surface area contributed by atoms with Crippen molar-refractivity contribution in [3.8, 4) is 5.75 Å². The molecule has 2 aromatic rings. The van der Waals surface area contributed by atoms with Gasteiger partial charge in [0.25, 0.3) is 0 Å². The van der Waals surface area contributed by atoms with E-state index in [1.165, 1.54) is 6.07 Å². The van der Waals surface area contributed by atoms with Crippen molar-refractivity contribution >= 4 is 45.4 Å². The van der Waals surface area contributed by atoms with E-state index in [0.29, 0.717) is 27.6 Å². The fraction of sp³-hybridized carbons (Fsp3) is 0.286. The average molecular weight is 392 g/mol. The quantitative estimate of drug-likeness (QED) is 0.695. The Morgan fingerprint density at radius 2 is 2.14 bits per heavy atom. The van der Waals surface area contributed by atoms with E-state index >= 15 is 0 Å². The van der Waals surface area contributed by atoms with Crippen molar-refractivity contribution < 1.29 is 9.53 Å². The zero-order chi connectivity index (χ0) is 15.6. The zero-order valence-corrected chi connectivity index (χ0v) is 14.6. The minimum atomic E-state index is 0.247. The Balaban J connectivity index is 2.31. The van der Waals surface area contributed by atoms with Crippen molar-refractivity contribution in [3.05, 3.63) is 43.6 Å². The number of ether oxygens (including phenoxy) is 1. The first-order valence-electron chi connectivity index (χ1n) is 6.26. The van der Waals surface area contributed by atoms with Gasteiger partial charge in [0.1, 0.15) is 12.4 Å². The number of nitrogens with zero attached hydrogens (tertiary/aromatic N) is 2. The smallest absolute Gasteiger partial charge is 0.153 e. The molecule has 0 aliphatic heterocycles. The van der Waals surface area contributed by atoms with Crippen molar-refractivity contribution in [1.29, 1.82) is 0 Å². The molecule has 2 rings (SSSR count). The number of aldehydes is 1. The summed E-state index contributed by atoms with van der Waals surface area (Å²) in [7, 11) is 0. The molecule has 0 amide bonds. The van der Waals surface area contributed by atoms with Gasteiger partial charge >= 0.3 is 0 Å². The van der Waals surface area contributed by atoms with E-state index < -0.39 is 0 Å². The summed E-state index contributed by atoms with van der Waals surface area (Å²) in [4.78, 5) is 11.1. The molecule has 0 atom stereocenters. The number of rotatable bonds is 5. The summed E-state index contributed by atoms with van der Waals surface area (Å²) >= 11 is 15.5. The van der Waals surface area contributed by atoms with Crippen molar-refractivity contribution in [2.75, 3.05) is 0 Å². The number of aromatic nitrogens is 2. The van der Waals surface area contributed by atoms with Gasteiger partial charge in [0.15, 0.2) is 6.29 Å². The van der Waals surface area contributed by atoms with Crippen LogP contribution in [0.5, 0.6) is 5.75 Å². The maximum atomic E-state index is 11.1. The van der Waals surface area contributed by atoms with Gasteiger partial charge in [-0.15, -0.1) is 0 Å². The molecule has 0 aliphatic rings. The Hall–Kier alpha value is -1.04. The lowest BCUT2D eigenvalue weighted by Crippen LogP contribution is -2.07. The summed E-state index contributed by atoms with van der Waals surface area (Å²) in [5.74, 6) is 0.324. The lowest BCUT2D eigenvalue weighted by molar-refractivity contribution is 0.111. The second-order valence-electron chi connectivity index (χ2n) is 4.37. The summed E-state index contributed by atoms with van der Waals surface area (Å²) in [6.45, 7) is 4.87. The molecule has 0 aliphatic carbocycles. The highest BCUT2D eigenvalue weighted by Crippen LogP contribution is 2.33. The van der Waals surface area contributed by atoms with Crippen molar-refractivity contribution in [2.45, 2.75) is 27.0 Å². The SMILES string of the molecule is CCn1nc(C)c(Br)c1COc1c(Cl)cc(Cl)cc1C=O. The molecule has 0 fully saturated rings. The Morgan fingerprint density at radius 3 is 2.76 bits per heavy atom. The summed E-state index contributed by atoms with van der Waals surface area (Å²) in [5, 5.41) is 5.09. The number of hydrogen-bond acceptors (Lipinski definition) is 3. The lowest BCUT2D eigenvalue weighted by atomic mass is 10.2. The van der Waals surface area contributed by atoms with E-state index in [-0.39, 0.29) is 6.61 Å². The molecular formula is C14H13BrCl2N2O2. The summed E-state index contributed by atoms with van der Waals surface area (Å²) in [5.41, 5.74) is 2.09. The number of benzene rings is 1. The Labute approximate surface area is 141 Å². The minimum absolute atomic E-state index is 0.247. The number of hydrogen-bond donors (Lipinski definition) is 0. The van der Waals surface area contributed by atoms with Crippen LogP contribution >= 0.6 is 39.1 Å². The van der Waals surface area contributed by atoms with Crippen LogP contribution in [0.3, 0.4) is 0 Å². The molecule has 0 radical (unpaired) electrons. The van der Waals surface area contributed by atoms with Crippen LogP contribution < -0.4 is 4.74 Å². The second kappa shape index (κ2) is 6.81. The third-order valence-corrected chi connectivity index (χ3v) is 4.50. The van der Waals surface area contributed by atoms with E-state index in [0.717, 1.165) is 22.4 Å². The van der Waals surface area contributed by atoms with E-state index in [1.807, 2.05) is 18.5 Å². The molecule has 0 bridgehead atoms. The van der Waals surface area contributed by atoms with Crippen LogP contribution in [-0.2, 0) is 13.2 Å². The van der Waals surface area contributed by atoms with E-state index in [9.17, 15) is 4.79 Å². The van der Waals surface area contributed by atoms with Gasteiger partial charge in [0.05, 0.1) is 26.4 Å². The fourth-order valence-electron chi connectivity index (χ4n) is 1.97. The highest BCUT2D eigenvalue weighted by Gasteiger charge is 2.15. The Morgan fingerprint density at radius 1 is 1.43 bits per heavy atom. The van der Waals surface area contributed by atoms with Crippen LogP contribution in [0.15, 0.2) is 16.6 Å². The van der Waals surface area contributed by atoms with Crippen LogP contribution in [0.25, 0.3) is 0 Å². The van der Waals surface area contributed by atoms with Crippen LogP contribution in [0.1, 0.15) is 28.7 Å². The van der Waals surface area contributed by atoms with Crippen LogP contribution in [0, 0.1) is 6.92 Å². The highest BCUT2D eigenvalue weighted by molar-refractivity contribution is 9.10. The highest BCUT2D eigenvalue weighted by atomic mass is 79.9. The van der Waals surface area contributed by atoms with Crippen molar-refractivity contribution in [2.24, 2.45) is 0 Å². The van der Waals surface area contributed by atoms with Gasteiger partial charge in [0.2, 0.25) is 0 Å². The normalized spacial score (nSPS) is 10.7. The van der Waals surface area contributed by atoms with Gasteiger partial charge in [0, 0.05) is 11.6 Å². The van der Waals surface area contributed by atoms with E-state index in [1.54, 1.807) is 6.07 Å². The molecule has 112 valence electrons. The van der Waals surface area contributed by atoms with Crippen LogP contribution in [0.4, 0.5) is 0 Å². The summed E-state index contributed by atoms with van der Waals surface area (Å²) < 4.78 is 8.45. The third kappa shape index (κ3) is 3.42. The average Bonchev–Trinajstić information content (AvgIpc) is 2.72.